The highest BCUT2D eigenvalue weighted by Gasteiger charge is 2.32. The summed E-state index contributed by atoms with van der Waals surface area (Å²) in [5.74, 6) is 0.665. The van der Waals surface area contributed by atoms with Gasteiger partial charge in [0.25, 0.3) is 0 Å². The van der Waals surface area contributed by atoms with Crippen LogP contribution in [-0.2, 0) is 14.2 Å². The van der Waals surface area contributed by atoms with Gasteiger partial charge in [0.05, 0.1) is 32.0 Å². The molecule has 9 heteroatoms. The van der Waals surface area contributed by atoms with Gasteiger partial charge >= 0.3 is 0 Å². The second-order valence-electron chi connectivity index (χ2n) is 8.05. The van der Waals surface area contributed by atoms with Gasteiger partial charge in [0.15, 0.2) is 5.96 Å². The lowest BCUT2D eigenvalue weighted by Crippen LogP contribution is -2.54. The Labute approximate surface area is 201 Å². The predicted octanol–water partition coefficient (Wildman–Crippen LogP) is 2.27. The van der Waals surface area contributed by atoms with Crippen LogP contribution >= 0.6 is 24.0 Å². The van der Waals surface area contributed by atoms with Crippen LogP contribution in [0.15, 0.2) is 29.3 Å². The van der Waals surface area contributed by atoms with Gasteiger partial charge in [-0.15, -0.1) is 24.0 Å². The normalized spacial score (nSPS) is 26.4. The van der Waals surface area contributed by atoms with Gasteiger partial charge in [-0.05, 0) is 30.5 Å². The lowest BCUT2D eigenvalue weighted by molar-refractivity contribution is -0.0817. The van der Waals surface area contributed by atoms with E-state index in [1.807, 2.05) is 19.2 Å². The quantitative estimate of drug-likeness (QED) is 0.347. The molecule has 0 aromatic heterocycles. The fourth-order valence-corrected chi connectivity index (χ4v) is 4.54. The first-order valence-corrected chi connectivity index (χ1v) is 11.0. The van der Waals surface area contributed by atoms with Crippen LogP contribution in [0.3, 0.4) is 0 Å². The third kappa shape index (κ3) is 6.50. The molecular formula is C22H34FIN4O3. The lowest BCUT2D eigenvalue weighted by atomic mass is 10.0. The number of hydrogen-bond acceptors (Lipinski definition) is 5. The van der Waals surface area contributed by atoms with Gasteiger partial charge in [0, 0.05) is 46.4 Å². The van der Waals surface area contributed by atoms with Crippen LogP contribution in [-0.4, -0.2) is 94.2 Å². The van der Waals surface area contributed by atoms with Crippen LogP contribution in [0.5, 0.6) is 0 Å². The van der Waals surface area contributed by atoms with Gasteiger partial charge in [-0.25, -0.2) is 4.39 Å². The highest BCUT2D eigenvalue weighted by molar-refractivity contribution is 14.0. The van der Waals surface area contributed by atoms with E-state index in [9.17, 15) is 4.39 Å². The number of nitrogens with zero attached hydrogens (tertiary/aromatic N) is 3. The molecule has 3 atom stereocenters. The minimum atomic E-state index is -0.211. The summed E-state index contributed by atoms with van der Waals surface area (Å²) in [5, 5.41) is 3.56. The van der Waals surface area contributed by atoms with Crippen LogP contribution in [0.4, 0.5) is 4.39 Å². The number of ether oxygens (including phenoxy) is 3. The standard InChI is InChI=1S/C22H33FN4O3.HI/c1-24-22(27-10-14-30-21(16-27)20-3-2-11-29-20)25-15-19(26-8-12-28-13-9-26)17-4-6-18(23)7-5-17;/h4-7,19-21H,2-3,8-16H2,1H3,(H,24,25);1H. The molecule has 174 valence electrons. The molecule has 7 nitrogen and oxygen atoms in total. The van der Waals surface area contributed by atoms with Crippen molar-refractivity contribution in [2.75, 3.05) is 66.2 Å². The van der Waals surface area contributed by atoms with Crippen molar-refractivity contribution in [1.82, 2.24) is 15.1 Å². The number of morpholine rings is 2. The molecule has 4 rings (SSSR count). The summed E-state index contributed by atoms with van der Waals surface area (Å²) >= 11 is 0. The average molecular weight is 548 g/mol. The number of aliphatic imine (C=N–C) groups is 1. The molecule has 0 amide bonds. The molecule has 1 aromatic rings. The molecule has 3 aliphatic heterocycles. The average Bonchev–Trinajstić information content (AvgIpc) is 3.34. The van der Waals surface area contributed by atoms with Gasteiger partial charge in [0.2, 0.25) is 0 Å². The Morgan fingerprint density at radius 1 is 1.10 bits per heavy atom. The molecule has 31 heavy (non-hydrogen) atoms. The molecule has 1 aromatic carbocycles. The van der Waals surface area contributed by atoms with Gasteiger partial charge in [-0.3, -0.25) is 9.89 Å². The second kappa shape index (κ2) is 12.3. The van der Waals surface area contributed by atoms with E-state index in [2.05, 4.69) is 20.1 Å². The van der Waals surface area contributed by atoms with Gasteiger partial charge in [-0.1, -0.05) is 12.1 Å². The molecule has 3 fully saturated rings. The summed E-state index contributed by atoms with van der Waals surface area (Å²) in [6.45, 7) is 6.96. The SMILES string of the molecule is CN=C(NCC(c1ccc(F)cc1)N1CCOCC1)N1CCOC(C2CCCO2)C1.I. The van der Waals surface area contributed by atoms with Crippen molar-refractivity contribution in [1.29, 1.82) is 0 Å². The van der Waals surface area contributed by atoms with Crippen LogP contribution in [0.1, 0.15) is 24.4 Å². The number of halogens is 2. The summed E-state index contributed by atoms with van der Waals surface area (Å²) in [4.78, 5) is 9.18. The van der Waals surface area contributed by atoms with Crippen LogP contribution < -0.4 is 5.32 Å². The first kappa shape index (κ1) is 24.6. The maximum atomic E-state index is 13.5. The van der Waals surface area contributed by atoms with E-state index in [-0.39, 0.29) is 48.0 Å². The third-order valence-corrected chi connectivity index (χ3v) is 6.18. The Morgan fingerprint density at radius 3 is 2.52 bits per heavy atom. The molecular weight excluding hydrogens is 514 g/mol. The molecule has 3 aliphatic rings. The van der Waals surface area contributed by atoms with E-state index < -0.39 is 0 Å². The van der Waals surface area contributed by atoms with Gasteiger partial charge in [0.1, 0.15) is 11.9 Å². The molecule has 0 bridgehead atoms. The number of nitrogens with one attached hydrogen (secondary N) is 1. The number of guanidine groups is 1. The Morgan fingerprint density at radius 2 is 1.84 bits per heavy atom. The summed E-state index contributed by atoms with van der Waals surface area (Å²) in [6, 6.07) is 6.95. The first-order chi connectivity index (χ1) is 14.7. The van der Waals surface area contributed by atoms with Crippen molar-refractivity contribution >= 4 is 29.9 Å². The smallest absolute Gasteiger partial charge is 0.193 e. The van der Waals surface area contributed by atoms with E-state index in [1.54, 1.807) is 0 Å². The molecule has 0 spiro atoms. The molecule has 3 unspecified atom stereocenters. The molecule has 3 saturated heterocycles. The van der Waals surface area contributed by atoms with Crippen LogP contribution in [0.2, 0.25) is 0 Å². The fourth-order valence-electron chi connectivity index (χ4n) is 4.54. The van der Waals surface area contributed by atoms with Crippen molar-refractivity contribution in [3.63, 3.8) is 0 Å². The largest absolute Gasteiger partial charge is 0.379 e. The zero-order valence-electron chi connectivity index (χ0n) is 18.2. The van der Waals surface area contributed by atoms with E-state index >= 15 is 0 Å². The highest BCUT2D eigenvalue weighted by atomic mass is 127. The second-order valence-corrected chi connectivity index (χ2v) is 8.05. The zero-order chi connectivity index (χ0) is 20.8. The Bertz CT molecular complexity index is 697. The number of rotatable bonds is 5. The summed E-state index contributed by atoms with van der Waals surface area (Å²) in [5.41, 5.74) is 1.10. The Kier molecular flexibility index (Phi) is 9.76. The lowest BCUT2D eigenvalue weighted by Gasteiger charge is -2.39. The number of benzene rings is 1. The van der Waals surface area contributed by atoms with Crippen molar-refractivity contribution in [2.45, 2.75) is 31.1 Å². The highest BCUT2D eigenvalue weighted by Crippen LogP contribution is 2.23. The Hall–Kier alpha value is -1.01. The Balaban J connectivity index is 0.00000272. The zero-order valence-corrected chi connectivity index (χ0v) is 20.5. The molecule has 0 saturated carbocycles. The van der Waals surface area contributed by atoms with Crippen molar-refractivity contribution in [3.05, 3.63) is 35.6 Å². The third-order valence-electron chi connectivity index (χ3n) is 6.18. The van der Waals surface area contributed by atoms with Crippen LogP contribution in [0, 0.1) is 5.82 Å². The predicted molar refractivity (Wildman–Crippen MR) is 129 cm³/mol. The van der Waals surface area contributed by atoms with Gasteiger partial charge in [-0.2, -0.15) is 0 Å². The van der Waals surface area contributed by atoms with E-state index in [0.717, 1.165) is 70.4 Å². The summed E-state index contributed by atoms with van der Waals surface area (Å²) < 4.78 is 30.8. The fraction of sp³-hybridized carbons (Fsp3) is 0.682. The molecule has 0 radical (unpaired) electrons. The summed E-state index contributed by atoms with van der Waals surface area (Å²) in [7, 11) is 1.82. The molecule has 0 aliphatic carbocycles. The van der Waals surface area contributed by atoms with Crippen LogP contribution in [0.25, 0.3) is 0 Å². The monoisotopic (exact) mass is 548 g/mol. The molecule has 3 heterocycles. The van der Waals surface area contributed by atoms with Crippen molar-refractivity contribution in [2.24, 2.45) is 4.99 Å². The maximum Gasteiger partial charge on any atom is 0.193 e. The van der Waals surface area contributed by atoms with Crippen molar-refractivity contribution in [3.8, 4) is 0 Å². The summed E-state index contributed by atoms with van der Waals surface area (Å²) in [6.07, 6.45) is 2.45. The van der Waals surface area contributed by atoms with Gasteiger partial charge < -0.3 is 24.4 Å². The van der Waals surface area contributed by atoms with E-state index in [1.165, 1.54) is 12.1 Å². The first-order valence-electron chi connectivity index (χ1n) is 11.0. The maximum absolute atomic E-state index is 13.5. The van der Waals surface area contributed by atoms with E-state index in [0.29, 0.717) is 13.2 Å². The minimum Gasteiger partial charge on any atom is -0.379 e. The molecule has 1 N–H and O–H groups in total. The topological polar surface area (TPSA) is 58.6 Å². The number of hydrogen-bond donors (Lipinski definition) is 1. The minimum absolute atomic E-state index is 0. The van der Waals surface area contributed by atoms with E-state index in [4.69, 9.17) is 14.2 Å². The van der Waals surface area contributed by atoms with Crippen molar-refractivity contribution < 1.29 is 18.6 Å².